The lowest BCUT2D eigenvalue weighted by Gasteiger charge is -2.08. The van der Waals surface area contributed by atoms with Gasteiger partial charge in [0, 0.05) is 19.8 Å². The highest BCUT2D eigenvalue weighted by Crippen LogP contribution is 2.15. The van der Waals surface area contributed by atoms with Crippen molar-refractivity contribution in [3.05, 3.63) is 41.7 Å². The van der Waals surface area contributed by atoms with Crippen LogP contribution in [0.15, 0.2) is 30.5 Å². The molecule has 0 saturated carbocycles. The maximum atomic E-state index is 10.9. The highest BCUT2D eigenvalue weighted by Gasteiger charge is 2.06. The van der Waals surface area contributed by atoms with Gasteiger partial charge in [-0.15, -0.1) is 0 Å². The van der Waals surface area contributed by atoms with E-state index in [0.717, 1.165) is 17.8 Å². The Morgan fingerprint density at radius 3 is 3.00 bits per heavy atom. The zero-order valence-corrected chi connectivity index (χ0v) is 12.2. The third-order valence-corrected chi connectivity index (χ3v) is 3.01. The number of nitrogens with one attached hydrogen (secondary N) is 1. The zero-order chi connectivity index (χ0) is 15.2. The van der Waals surface area contributed by atoms with E-state index in [2.05, 4.69) is 17.3 Å². The number of carboxylic acids is 1. The van der Waals surface area contributed by atoms with Crippen molar-refractivity contribution in [2.75, 3.05) is 18.5 Å². The van der Waals surface area contributed by atoms with Gasteiger partial charge >= 0.3 is 5.97 Å². The van der Waals surface area contributed by atoms with E-state index in [9.17, 15) is 4.79 Å². The van der Waals surface area contributed by atoms with Gasteiger partial charge in [0.05, 0.1) is 16.9 Å². The van der Waals surface area contributed by atoms with Crippen molar-refractivity contribution in [3.8, 4) is 5.75 Å². The standard InChI is InChI=1S/C15H19N3O3/c1-3-13-14(10-18(2)17-13)16-7-8-21-12-6-4-5-11(9-12)15(19)20/h4-6,9-10,16H,3,7-8H2,1-2H3,(H,19,20). The lowest BCUT2D eigenvalue weighted by molar-refractivity contribution is 0.0696. The van der Waals surface area contributed by atoms with E-state index in [-0.39, 0.29) is 5.56 Å². The zero-order valence-electron chi connectivity index (χ0n) is 12.2. The minimum atomic E-state index is -0.957. The molecule has 0 spiro atoms. The summed E-state index contributed by atoms with van der Waals surface area (Å²) in [5.41, 5.74) is 2.24. The summed E-state index contributed by atoms with van der Waals surface area (Å²) in [6.07, 6.45) is 2.80. The first-order valence-electron chi connectivity index (χ1n) is 6.82. The number of aryl methyl sites for hydroxylation is 2. The van der Waals surface area contributed by atoms with Crippen LogP contribution in [0.5, 0.6) is 5.75 Å². The van der Waals surface area contributed by atoms with Crippen LogP contribution in [-0.4, -0.2) is 34.0 Å². The molecule has 0 fully saturated rings. The van der Waals surface area contributed by atoms with E-state index in [1.165, 1.54) is 12.1 Å². The lowest BCUT2D eigenvalue weighted by atomic mass is 10.2. The Balaban J connectivity index is 1.84. The molecule has 1 aromatic carbocycles. The molecular formula is C15H19N3O3. The van der Waals surface area contributed by atoms with Crippen LogP contribution in [0.3, 0.4) is 0 Å². The minimum Gasteiger partial charge on any atom is -0.492 e. The summed E-state index contributed by atoms with van der Waals surface area (Å²) in [6, 6.07) is 6.47. The number of anilines is 1. The van der Waals surface area contributed by atoms with Gasteiger partial charge in [0.2, 0.25) is 0 Å². The van der Waals surface area contributed by atoms with Crippen molar-refractivity contribution < 1.29 is 14.6 Å². The first-order valence-corrected chi connectivity index (χ1v) is 6.82. The summed E-state index contributed by atoms with van der Waals surface area (Å²) in [4.78, 5) is 10.9. The van der Waals surface area contributed by atoms with Gasteiger partial charge in [-0.2, -0.15) is 5.10 Å². The van der Waals surface area contributed by atoms with Crippen molar-refractivity contribution in [2.45, 2.75) is 13.3 Å². The number of carbonyl (C=O) groups is 1. The third-order valence-electron chi connectivity index (χ3n) is 3.01. The molecule has 0 amide bonds. The van der Waals surface area contributed by atoms with Gasteiger partial charge in [-0.3, -0.25) is 4.68 Å². The fourth-order valence-electron chi connectivity index (χ4n) is 2.02. The maximum Gasteiger partial charge on any atom is 0.335 e. The Morgan fingerprint density at radius 1 is 1.48 bits per heavy atom. The molecule has 112 valence electrons. The van der Waals surface area contributed by atoms with Gasteiger partial charge in [0.25, 0.3) is 0 Å². The fourth-order valence-corrected chi connectivity index (χ4v) is 2.02. The molecule has 2 aromatic rings. The lowest BCUT2D eigenvalue weighted by Crippen LogP contribution is -2.12. The highest BCUT2D eigenvalue weighted by molar-refractivity contribution is 5.87. The van der Waals surface area contributed by atoms with Crippen LogP contribution >= 0.6 is 0 Å². The fraction of sp³-hybridized carbons (Fsp3) is 0.333. The largest absolute Gasteiger partial charge is 0.492 e. The molecular weight excluding hydrogens is 270 g/mol. The number of aromatic nitrogens is 2. The van der Waals surface area contributed by atoms with E-state index >= 15 is 0 Å². The van der Waals surface area contributed by atoms with E-state index < -0.39 is 5.97 Å². The number of hydrogen-bond donors (Lipinski definition) is 2. The van der Waals surface area contributed by atoms with Gasteiger partial charge in [-0.1, -0.05) is 13.0 Å². The Kier molecular flexibility index (Phi) is 4.81. The Bertz CT molecular complexity index is 622. The summed E-state index contributed by atoms with van der Waals surface area (Å²) < 4.78 is 7.32. The summed E-state index contributed by atoms with van der Waals surface area (Å²) in [5.74, 6) is -0.403. The van der Waals surface area contributed by atoms with E-state index in [1.54, 1.807) is 16.8 Å². The van der Waals surface area contributed by atoms with Crippen molar-refractivity contribution in [2.24, 2.45) is 7.05 Å². The van der Waals surface area contributed by atoms with E-state index in [0.29, 0.717) is 18.9 Å². The Labute approximate surface area is 123 Å². The quantitative estimate of drug-likeness (QED) is 0.764. The van der Waals surface area contributed by atoms with Crippen molar-refractivity contribution in [1.29, 1.82) is 0 Å². The normalized spacial score (nSPS) is 10.4. The molecule has 1 heterocycles. The summed E-state index contributed by atoms with van der Waals surface area (Å²) in [6.45, 7) is 3.12. The number of rotatable bonds is 7. The summed E-state index contributed by atoms with van der Waals surface area (Å²) in [7, 11) is 1.89. The summed E-state index contributed by atoms with van der Waals surface area (Å²) >= 11 is 0. The Hall–Kier alpha value is -2.50. The molecule has 0 bridgehead atoms. The third kappa shape index (κ3) is 3.98. The van der Waals surface area contributed by atoms with Crippen molar-refractivity contribution in [3.63, 3.8) is 0 Å². The molecule has 0 unspecified atom stereocenters. The van der Waals surface area contributed by atoms with Gasteiger partial charge < -0.3 is 15.2 Å². The molecule has 0 saturated heterocycles. The second-order valence-electron chi connectivity index (χ2n) is 4.62. The number of nitrogens with zero attached hydrogens (tertiary/aromatic N) is 2. The predicted molar refractivity (Wildman–Crippen MR) is 80.0 cm³/mol. The number of ether oxygens (including phenoxy) is 1. The SMILES string of the molecule is CCc1nn(C)cc1NCCOc1cccc(C(=O)O)c1. The molecule has 21 heavy (non-hydrogen) atoms. The highest BCUT2D eigenvalue weighted by atomic mass is 16.5. The van der Waals surface area contributed by atoms with Crippen LogP contribution in [-0.2, 0) is 13.5 Å². The van der Waals surface area contributed by atoms with Crippen molar-refractivity contribution >= 4 is 11.7 Å². The maximum absolute atomic E-state index is 10.9. The number of aromatic carboxylic acids is 1. The van der Waals surface area contributed by atoms with Gasteiger partial charge in [0.15, 0.2) is 0 Å². The van der Waals surface area contributed by atoms with Crippen LogP contribution < -0.4 is 10.1 Å². The summed E-state index contributed by atoms with van der Waals surface area (Å²) in [5, 5.41) is 16.5. The number of benzene rings is 1. The molecule has 0 atom stereocenters. The number of hydrogen-bond acceptors (Lipinski definition) is 4. The first-order chi connectivity index (χ1) is 10.1. The monoisotopic (exact) mass is 289 g/mol. The molecule has 6 nitrogen and oxygen atoms in total. The predicted octanol–water partition coefficient (Wildman–Crippen LogP) is 2.17. The molecule has 0 radical (unpaired) electrons. The van der Waals surface area contributed by atoms with E-state index in [4.69, 9.17) is 9.84 Å². The second kappa shape index (κ2) is 6.78. The van der Waals surface area contributed by atoms with E-state index in [1.807, 2.05) is 13.2 Å². The van der Waals surface area contributed by atoms with Crippen LogP contribution in [0.1, 0.15) is 23.0 Å². The Morgan fingerprint density at radius 2 is 2.29 bits per heavy atom. The van der Waals surface area contributed by atoms with Crippen molar-refractivity contribution in [1.82, 2.24) is 9.78 Å². The van der Waals surface area contributed by atoms with Crippen LogP contribution in [0.2, 0.25) is 0 Å². The van der Waals surface area contributed by atoms with Gasteiger partial charge in [-0.25, -0.2) is 4.79 Å². The van der Waals surface area contributed by atoms with Crippen LogP contribution in [0.25, 0.3) is 0 Å². The van der Waals surface area contributed by atoms with Crippen LogP contribution in [0, 0.1) is 0 Å². The molecule has 0 aliphatic rings. The average molecular weight is 289 g/mol. The topological polar surface area (TPSA) is 76.4 Å². The van der Waals surface area contributed by atoms with Gasteiger partial charge in [-0.05, 0) is 24.6 Å². The molecule has 2 N–H and O–H groups in total. The first kappa shape index (κ1) is 14.9. The average Bonchev–Trinajstić information content (AvgIpc) is 2.84. The second-order valence-corrected chi connectivity index (χ2v) is 4.62. The molecule has 0 aliphatic heterocycles. The van der Waals surface area contributed by atoms with Gasteiger partial charge in [0.1, 0.15) is 12.4 Å². The molecule has 0 aliphatic carbocycles. The molecule has 6 heteroatoms. The number of carboxylic acid groups (broad SMARTS) is 1. The minimum absolute atomic E-state index is 0.223. The van der Waals surface area contributed by atoms with Crippen LogP contribution in [0.4, 0.5) is 5.69 Å². The smallest absolute Gasteiger partial charge is 0.335 e. The molecule has 1 aromatic heterocycles. The molecule has 2 rings (SSSR count).